The summed E-state index contributed by atoms with van der Waals surface area (Å²) in [4.78, 5) is 2.15. The molecule has 1 fully saturated rings. The summed E-state index contributed by atoms with van der Waals surface area (Å²) in [6.45, 7) is 0.979. The first-order valence-electron chi connectivity index (χ1n) is 7.36. The van der Waals surface area contributed by atoms with Crippen molar-refractivity contribution in [1.29, 1.82) is 0 Å². The van der Waals surface area contributed by atoms with E-state index < -0.39 is 0 Å². The minimum atomic E-state index is -0.0000510. The van der Waals surface area contributed by atoms with E-state index in [0.29, 0.717) is 5.75 Å². The Morgan fingerprint density at radius 2 is 1.77 bits per heavy atom. The second-order valence-electron chi connectivity index (χ2n) is 5.56. The van der Waals surface area contributed by atoms with Crippen LogP contribution in [0.3, 0.4) is 0 Å². The van der Waals surface area contributed by atoms with Crippen LogP contribution in [0.15, 0.2) is 12.1 Å². The number of hydrogen-bond acceptors (Lipinski definition) is 6. The molecule has 0 saturated carbocycles. The zero-order valence-electron chi connectivity index (χ0n) is 13.6. The molecule has 22 heavy (non-hydrogen) atoms. The predicted octanol–water partition coefficient (Wildman–Crippen LogP) is 1.79. The number of nitrogens with zero attached hydrogens (tertiary/aromatic N) is 1. The number of benzene rings is 1. The maximum absolute atomic E-state index is 9.66. The number of likely N-dealkylation sites (tertiary alicyclic amines) is 1. The summed E-state index contributed by atoms with van der Waals surface area (Å²) in [6, 6.07) is 3.74. The van der Waals surface area contributed by atoms with Crippen molar-refractivity contribution in [2.24, 2.45) is 0 Å². The highest BCUT2D eigenvalue weighted by Gasteiger charge is 2.37. The summed E-state index contributed by atoms with van der Waals surface area (Å²) < 4.78 is 16.4. The number of ether oxygens (including phenoxy) is 3. The van der Waals surface area contributed by atoms with E-state index in [-0.39, 0.29) is 23.8 Å². The van der Waals surface area contributed by atoms with Crippen LogP contribution < -0.4 is 14.2 Å². The van der Waals surface area contributed by atoms with Crippen molar-refractivity contribution in [3.8, 4) is 17.2 Å². The largest absolute Gasteiger partial charge is 0.496 e. The first kappa shape index (κ1) is 17.2. The summed E-state index contributed by atoms with van der Waals surface area (Å²) in [5.74, 6) is 2.32. The lowest BCUT2D eigenvalue weighted by Gasteiger charge is -2.41. The van der Waals surface area contributed by atoms with E-state index in [1.54, 1.807) is 21.3 Å². The maximum Gasteiger partial charge on any atom is 0.129 e. The summed E-state index contributed by atoms with van der Waals surface area (Å²) in [7, 11) is 6.92. The second kappa shape index (κ2) is 7.44. The molecular formula is C16H25NO4S. The zero-order chi connectivity index (χ0) is 16.3. The highest BCUT2D eigenvalue weighted by Crippen LogP contribution is 2.45. The molecule has 5 nitrogen and oxygen atoms in total. The lowest BCUT2D eigenvalue weighted by atomic mass is 9.84. The average molecular weight is 327 g/mol. The molecule has 0 radical (unpaired) electrons. The zero-order valence-corrected chi connectivity index (χ0v) is 14.5. The molecule has 1 aromatic rings. The molecule has 6 heteroatoms. The Kier molecular flexibility index (Phi) is 5.83. The van der Waals surface area contributed by atoms with Crippen LogP contribution in [0.25, 0.3) is 0 Å². The molecule has 0 spiro atoms. The quantitative estimate of drug-likeness (QED) is 0.808. The van der Waals surface area contributed by atoms with Crippen molar-refractivity contribution in [2.45, 2.75) is 23.6 Å². The molecule has 1 unspecified atom stereocenters. The van der Waals surface area contributed by atoms with E-state index in [1.165, 1.54) is 0 Å². The van der Waals surface area contributed by atoms with E-state index in [9.17, 15) is 5.11 Å². The third-order valence-corrected chi connectivity index (χ3v) is 5.18. The molecule has 0 amide bonds. The lowest BCUT2D eigenvalue weighted by molar-refractivity contribution is 0.109. The number of piperidine rings is 1. The Morgan fingerprint density at radius 1 is 1.18 bits per heavy atom. The summed E-state index contributed by atoms with van der Waals surface area (Å²) in [6.07, 6.45) is 0.931. The van der Waals surface area contributed by atoms with Crippen molar-refractivity contribution >= 4 is 12.6 Å². The van der Waals surface area contributed by atoms with Crippen LogP contribution in [0.2, 0.25) is 0 Å². The summed E-state index contributed by atoms with van der Waals surface area (Å²) in [5.41, 5.74) is 0.998. The molecule has 0 aliphatic carbocycles. The number of methoxy groups -OCH3 is 3. The number of aliphatic hydroxyl groups excluding tert-OH is 1. The highest BCUT2D eigenvalue weighted by molar-refractivity contribution is 7.81. The van der Waals surface area contributed by atoms with Crippen LogP contribution in [0.4, 0.5) is 0 Å². The van der Waals surface area contributed by atoms with Crippen LogP contribution in [0.5, 0.6) is 17.2 Å². The molecule has 1 saturated heterocycles. The summed E-state index contributed by atoms with van der Waals surface area (Å²) in [5, 5.41) is 9.66. The van der Waals surface area contributed by atoms with Gasteiger partial charge in [0.15, 0.2) is 0 Å². The van der Waals surface area contributed by atoms with Crippen LogP contribution >= 0.6 is 12.6 Å². The van der Waals surface area contributed by atoms with Crippen LogP contribution in [-0.2, 0) is 0 Å². The van der Waals surface area contributed by atoms with Crippen molar-refractivity contribution < 1.29 is 19.3 Å². The molecule has 3 atom stereocenters. The van der Waals surface area contributed by atoms with Gasteiger partial charge in [-0.15, -0.1) is 0 Å². The number of aliphatic hydroxyl groups is 1. The fraction of sp³-hybridized carbons (Fsp3) is 0.625. The Hall–Kier alpha value is -1.11. The van der Waals surface area contributed by atoms with Crippen LogP contribution in [-0.4, -0.2) is 62.8 Å². The van der Waals surface area contributed by atoms with Gasteiger partial charge < -0.3 is 19.3 Å². The van der Waals surface area contributed by atoms with Gasteiger partial charge in [0.05, 0.1) is 27.9 Å². The van der Waals surface area contributed by atoms with Gasteiger partial charge in [0.1, 0.15) is 17.2 Å². The maximum atomic E-state index is 9.66. The van der Waals surface area contributed by atoms with Gasteiger partial charge in [-0.1, -0.05) is 0 Å². The molecule has 0 aromatic heterocycles. The molecule has 1 N–H and O–H groups in total. The second-order valence-corrected chi connectivity index (χ2v) is 6.16. The molecular weight excluding hydrogens is 302 g/mol. The van der Waals surface area contributed by atoms with E-state index in [4.69, 9.17) is 26.8 Å². The Bertz CT molecular complexity index is 486. The van der Waals surface area contributed by atoms with Crippen molar-refractivity contribution in [1.82, 2.24) is 4.90 Å². The van der Waals surface area contributed by atoms with E-state index in [0.717, 1.165) is 30.0 Å². The van der Waals surface area contributed by atoms with Crippen molar-refractivity contribution in [2.75, 3.05) is 41.5 Å². The minimum Gasteiger partial charge on any atom is -0.496 e. The SMILES string of the molecule is COc1cc(OC)c([C@@H]2CCN(C)[C@@H](CO)C2S)c(OC)c1. The monoisotopic (exact) mass is 327 g/mol. The Balaban J connectivity index is 2.46. The van der Waals surface area contributed by atoms with E-state index in [2.05, 4.69) is 4.90 Å². The molecule has 1 aliphatic rings. The van der Waals surface area contributed by atoms with Gasteiger partial charge in [0.25, 0.3) is 0 Å². The van der Waals surface area contributed by atoms with E-state index >= 15 is 0 Å². The normalized spacial score (nSPS) is 25.8. The standard InChI is InChI=1S/C16H25NO4S/c1-17-6-5-11(16(22)12(17)9-18)15-13(20-3)7-10(19-2)8-14(15)21-4/h7-8,11-12,16,18,22H,5-6,9H2,1-4H3/t11-,12-,16?/m0/s1. The number of hydrogen-bond donors (Lipinski definition) is 2. The minimum absolute atomic E-state index is 0.0000510. The first-order valence-corrected chi connectivity index (χ1v) is 7.88. The smallest absolute Gasteiger partial charge is 0.129 e. The fourth-order valence-corrected chi connectivity index (χ4v) is 3.79. The average Bonchev–Trinajstić information content (AvgIpc) is 2.54. The highest BCUT2D eigenvalue weighted by atomic mass is 32.1. The van der Waals surface area contributed by atoms with Gasteiger partial charge in [-0.3, -0.25) is 4.90 Å². The number of thiol groups is 1. The van der Waals surface area contributed by atoms with Gasteiger partial charge in [0, 0.05) is 34.9 Å². The molecule has 1 heterocycles. The van der Waals surface area contributed by atoms with Gasteiger partial charge in [-0.25, -0.2) is 0 Å². The third kappa shape index (κ3) is 3.14. The molecule has 2 rings (SSSR count). The van der Waals surface area contributed by atoms with Gasteiger partial charge in [0.2, 0.25) is 0 Å². The number of rotatable bonds is 5. The predicted molar refractivity (Wildman–Crippen MR) is 89.7 cm³/mol. The Labute approximate surface area is 137 Å². The molecule has 0 bridgehead atoms. The van der Waals surface area contributed by atoms with Gasteiger partial charge in [-0.05, 0) is 20.0 Å². The van der Waals surface area contributed by atoms with Crippen molar-refractivity contribution in [3.63, 3.8) is 0 Å². The topological polar surface area (TPSA) is 51.2 Å². The summed E-state index contributed by atoms with van der Waals surface area (Å²) >= 11 is 4.78. The van der Waals surface area contributed by atoms with Gasteiger partial charge >= 0.3 is 0 Å². The Morgan fingerprint density at radius 3 is 2.23 bits per heavy atom. The van der Waals surface area contributed by atoms with Crippen molar-refractivity contribution in [3.05, 3.63) is 17.7 Å². The molecule has 124 valence electrons. The van der Waals surface area contributed by atoms with E-state index in [1.807, 2.05) is 19.2 Å². The molecule has 1 aliphatic heterocycles. The molecule has 1 aromatic carbocycles. The lowest BCUT2D eigenvalue weighted by Crippen LogP contribution is -2.49. The fourth-order valence-electron chi connectivity index (χ4n) is 3.17. The third-order valence-electron chi connectivity index (χ3n) is 4.48. The first-order chi connectivity index (χ1) is 10.6. The number of likely N-dealkylation sites (N-methyl/N-ethyl adjacent to an activating group) is 1. The van der Waals surface area contributed by atoms with Crippen LogP contribution in [0, 0.1) is 0 Å². The van der Waals surface area contributed by atoms with Crippen LogP contribution in [0.1, 0.15) is 17.9 Å². The van der Waals surface area contributed by atoms with Gasteiger partial charge in [-0.2, -0.15) is 12.6 Å².